The molecule has 1 fully saturated rings. The molecule has 0 saturated carbocycles. The Hall–Kier alpha value is -2.68. The molecule has 2 aromatic rings. The van der Waals surface area contributed by atoms with Gasteiger partial charge in [0.1, 0.15) is 11.6 Å². The van der Waals surface area contributed by atoms with E-state index >= 15 is 0 Å². The van der Waals surface area contributed by atoms with E-state index in [-0.39, 0.29) is 24.1 Å². The van der Waals surface area contributed by atoms with Gasteiger partial charge in [-0.2, -0.15) is 9.97 Å². The molecule has 4 N–H and O–H groups in total. The molecule has 2 aliphatic rings. The Morgan fingerprint density at radius 3 is 2.63 bits per heavy atom. The van der Waals surface area contributed by atoms with Gasteiger partial charge in [0.15, 0.2) is 0 Å². The van der Waals surface area contributed by atoms with Crippen molar-refractivity contribution in [3.05, 3.63) is 34.3 Å². The second kappa shape index (κ2) is 7.15. The Balaban J connectivity index is 1.64. The van der Waals surface area contributed by atoms with Gasteiger partial charge in [-0.3, -0.25) is 9.59 Å². The summed E-state index contributed by atoms with van der Waals surface area (Å²) < 4.78 is 0.912. The highest BCUT2D eigenvalue weighted by Gasteiger charge is 2.35. The second-order valence-electron chi connectivity index (χ2n) is 6.67. The fraction of sp³-hybridized carbons (Fsp3) is 0.333. The molecule has 9 heteroatoms. The topological polar surface area (TPSA) is 113 Å². The van der Waals surface area contributed by atoms with Crippen LogP contribution >= 0.6 is 15.9 Å². The molecule has 0 radical (unpaired) electrons. The van der Waals surface area contributed by atoms with Gasteiger partial charge in [0.2, 0.25) is 17.8 Å². The van der Waals surface area contributed by atoms with Crippen LogP contribution in [0.1, 0.15) is 30.7 Å². The van der Waals surface area contributed by atoms with Crippen molar-refractivity contribution in [2.75, 3.05) is 34.4 Å². The van der Waals surface area contributed by atoms with E-state index in [1.165, 1.54) is 0 Å². The number of carbonyl (C=O) groups excluding carboxylic acids is 2. The summed E-state index contributed by atoms with van der Waals surface area (Å²) in [4.78, 5) is 35.9. The molecule has 2 amide bonds. The van der Waals surface area contributed by atoms with Gasteiger partial charge in [-0.1, -0.05) is 15.9 Å². The lowest BCUT2D eigenvalue weighted by atomic mass is 9.92. The lowest BCUT2D eigenvalue weighted by molar-refractivity contribution is -0.123. The number of carbonyl (C=O) groups is 2. The summed E-state index contributed by atoms with van der Waals surface area (Å²) in [6.07, 6.45) is 2.15. The number of rotatable bonds is 3. The molecule has 8 nitrogen and oxygen atoms in total. The summed E-state index contributed by atoms with van der Waals surface area (Å²) in [5.74, 6) is -0.237. The number of anilines is 4. The number of hydrogen-bond donors (Lipinski definition) is 3. The molecule has 4 rings (SSSR count). The van der Waals surface area contributed by atoms with Crippen LogP contribution in [0.3, 0.4) is 0 Å². The van der Waals surface area contributed by atoms with Crippen LogP contribution in [-0.4, -0.2) is 34.9 Å². The standard InChI is InChI=1S/C18H19BrN6O2/c19-10-3-5-11(6-4-10)21-17(27)12-9-13(26)22-16-14(12)15(20)23-18(24-16)25-7-1-2-8-25/h3-6,12H,1-2,7-9H2,(H,21,27)(H3,20,22,23,24,26)/t12-/m0/s1. The van der Waals surface area contributed by atoms with Crippen molar-refractivity contribution in [3.63, 3.8) is 0 Å². The maximum Gasteiger partial charge on any atom is 0.232 e. The third-order valence-electron chi connectivity index (χ3n) is 4.78. The number of hydrogen-bond acceptors (Lipinski definition) is 6. The molecule has 140 valence electrons. The SMILES string of the molecule is Nc1nc(N2CCCC2)nc2c1[C@@H](C(=O)Nc1ccc(Br)cc1)CC(=O)N2. The van der Waals surface area contributed by atoms with E-state index in [1.54, 1.807) is 12.1 Å². The van der Waals surface area contributed by atoms with E-state index in [4.69, 9.17) is 5.73 Å². The van der Waals surface area contributed by atoms with E-state index in [2.05, 4.69) is 36.5 Å². The van der Waals surface area contributed by atoms with E-state index in [0.29, 0.717) is 23.0 Å². The molecular weight excluding hydrogens is 412 g/mol. The zero-order valence-electron chi connectivity index (χ0n) is 14.5. The van der Waals surface area contributed by atoms with Gasteiger partial charge >= 0.3 is 0 Å². The molecule has 1 aromatic carbocycles. The highest BCUT2D eigenvalue weighted by atomic mass is 79.9. The maximum absolute atomic E-state index is 12.8. The molecule has 0 aliphatic carbocycles. The Labute approximate surface area is 164 Å². The molecule has 27 heavy (non-hydrogen) atoms. The van der Waals surface area contributed by atoms with Crippen molar-refractivity contribution >= 4 is 51.0 Å². The summed E-state index contributed by atoms with van der Waals surface area (Å²) in [5, 5.41) is 5.57. The summed E-state index contributed by atoms with van der Waals surface area (Å²) in [6, 6.07) is 7.22. The van der Waals surface area contributed by atoms with Crippen molar-refractivity contribution in [2.45, 2.75) is 25.2 Å². The number of nitrogens with one attached hydrogen (secondary N) is 2. The molecule has 1 atom stereocenters. The molecule has 1 aromatic heterocycles. The molecule has 0 bridgehead atoms. The van der Waals surface area contributed by atoms with Crippen LogP contribution in [0.2, 0.25) is 0 Å². The smallest absolute Gasteiger partial charge is 0.232 e. The lowest BCUT2D eigenvalue weighted by Crippen LogP contribution is -2.33. The molecule has 0 spiro atoms. The highest BCUT2D eigenvalue weighted by Crippen LogP contribution is 2.37. The van der Waals surface area contributed by atoms with Gasteiger partial charge in [-0.15, -0.1) is 0 Å². The fourth-order valence-electron chi connectivity index (χ4n) is 3.43. The Morgan fingerprint density at radius 2 is 1.93 bits per heavy atom. The first-order valence-corrected chi connectivity index (χ1v) is 9.59. The molecular formula is C18H19BrN6O2. The number of nitrogen functional groups attached to an aromatic ring is 1. The van der Waals surface area contributed by atoms with Gasteiger partial charge in [0, 0.05) is 29.7 Å². The number of nitrogens with two attached hydrogens (primary N) is 1. The first-order valence-electron chi connectivity index (χ1n) is 8.80. The zero-order valence-corrected chi connectivity index (χ0v) is 16.1. The number of benzene rings is 1. The normalized spacial score (nSPS) is 18.8. The predicted octanol–water partition coefficient (Wildman–Crippen LogP) is 2.49. The van der Waals surface area contributed by atoms with Crippen molar-refractivity contribution in [3.8, 4) is 0 Å². The van der Waals surface area contributed by atoms with E-state index in [9.17, 15) is 9.59 Å². The number of halogens is 1. The van der Waals surface area contributed by atoms with Gasteiger partial charge < -0.3 is 21.3 Å². The Kier molecular flexibility index (Phi) is 4.69. The number of amides is 2. The third kappa shape index (κ3) is 3.59. The van der Waals surface area contributed by atoms with Crippen LogP contribution in [0.4, 0.5) is 23.3 Å². The van der Waals surface area contributed by atoms with Crippen LogP contribution in [0, 0.1) is 0 Å². The summed E-state index contributed by atoms with van der Waals surface area (Å²) in [7, 11) is 0. The van der Waals surface area contributed by atoms with Crippen LogP contribution < -0.4 is 21.3 Å². The monoisotopic (exact) mass is 430 g/mol. The van der Waals surface area contributed by atoms with E-state index < -0.39 is 5.92 Å². The van der Waals surface area contributed by atoms with Crippen LogP contribution in [0.5, 0.6) is 0 Å². The van der Waals surface area contributed by atoms with Gasteiger partial charge in [-0.25, -0.2) is 0 Å². The van der Waals surface area contributed by atoms with E-state index in [1.807, 2.05) is 17.0 Å². The average Bonchev–Trinajstić information content (AvgIpc) is 3.17. The fourth-order valence-corrected chi connectivity index (χ4v) is 3.69. The van der Waals surface area contributed by atoms with Crippen LogP contribution in [-0.2, 0) is 9.59 Å². The maximum atomic E-state index is 12.8. The number of aromatic nitrogens is 2. The minimum atomic E-state index is -0.731. The number of fused-ring (bicyclic) bond motifs is 1. The largest absolute Gasteiger partial charge is 0.383 e. The van der Waals surface area contributed by atoms with Crippen LogP contribution in [0.25, 0.3) is 0 Å². The Bertz CT molecular complexity index is 895. The summed E-state index contributed by atoms with van der Waals surface area (Å²) in [6.45, 7) is 1.72. The third-order valence-corrected chi connectivity index (χ3v) is 5.30. The zero-order chi connectivity index (χ0) is 19.0. The summed E-state index contributed by atoms with van der Waals surface area (Å²) in [5.41, 5.74) is 7.30. The quantitative estimate of drug-likeness (QED) is 0.688. The van der Waals surface area contributed by atoms with Crippen molar-refractivity contribution in [1.29, 1.82) is 0 Å². The molecule has 2 aliphatic heterocycles. The lowest BCUT2D eigenvalue weighted by Gasteiger charge is -2.26. The predicted molar refractivity (Wildman–Crippen MR) is 107 cm³/mol. The minimum absolute atomic E-state index is 0.00593. The van der Waals surface area contributed by atoms with Crippen LogP contribution in [0.15, 0.2) is 28.7 Å². The molecule has 3 heterocycles. The molecule has 1 saturated heterocycles. The van der Waals surface area contributed by atoms with Gasteiger partial charge in [-0.05, 0) is 37.1 Å². The van der Waals surface area contributed by atoms with E-state index in [0.717, 1.165) is 30.4 Å². The van der Waals surface area contributed by atoms with Crippen molar-refractivity contribution < 1.29 is 9.59 Å². The first-order chi connectivity index (χ1) is 13.0. The van der Waals surface area contributed by atoms with Gasteiger partial charge in [0.25, 0.3) is 0 Å². The second-order valence-corrected chi connectivity index (χ2v) is 7.58. The summed E-state index contributed by atoms with van der Waals surface area (Å²) >= 11 is 3.36. The minimum Gasteiger partial charge on any atom is -0.383 e. The molecule has 0 unspecified atom stereocenters. The average molecular weight is 431 g/mol. The van der Waals surface area contributed by atoms with Crippen molar-refractivity contribution in [1.82, 2.24) is 9.97 Å². The van der Waals surface area contributed by atoms with Crippen molar-refractivity contribution in [2.24, 2.45) is 0 Å². The first kappa shape index (κ1) is 17.7. The Morgan fingerprint density at radius 1 is 1.22 bits per heavy atom. The highest BCUT2D eigenvalue weighted by molar-refractivity contribution is 9.10. The van der Waals surface area contributed by atoms with Gasteiger partial charge in [0.05, 0.1) is 11.5 Å². The number of nitrogens with zero attached hydrogens (tertiary/aromatic N) is 3.